The second kappa shape index (κ2) is 2.31. The van der Waals surface area contributed by atoms with Gasteiger partial charge < -0.3 is 9.88 Å². The maximum absolute atomic E-state index is 5.86. The van der Waals surface area contributed by atoms with Crippen molar-refractivity contribution in [3.63, 3.8) is 0 Å². The van der Waals surface area contributed by atoms with Crippen LogP contribution < -0.4 is 5.32 Å². The van der Waals surface area contributed by atoms with E-state index in [9.17, 15) is 0 Å². The summed E-state index contributed by atoms with van der Waals surface area (Å²) in [6.07, 6.45) is 5.98. The van der Waals surface area contributed by atoms with Crippen molar-refractivity contribution < 1.29 is 0 Å². The summed E-state index contributed by atoms with van der Waals surface area (Å²) in [5, 5.41) is 3.15. The first-order valence-electron chi connectivity index (χ1n) is 3.51. The smallest absolute Gasteiger partial charge is 0.121 e. The van der Waals surface area contributed by atoms with Crippen LogP contribution in [0.5, 0.6) is 0 Å². The van der Waals surface area contributed by atoms with Gasteiger partial charge in [0.25, 0.3) is 0 Å². The molecule has 0 bridgehead atoms. The Morgan fingerprint density at radius 2 is 2.45 bits per heavy atom. The summed E-state index contributed by atoms with van der Waals surface area (Å²) < 4.78 is 2.02. The van der Waals surface area contributed by atoms with Gasteiger partial charge in [-0.15, -0.1) is 0 Å². The van der Waals surface area contributed by atoms with E-state index in [1.54, 1.807) is 0 Å². The lowest BCUT2D eigenvalue weighted by Gasteiger charge is -2.15. The lowest BCUT2D eigenvalue weighted by molar-refractivity contribution is 0.918. The van der Waals surface area contributed by atoms with E-state index in [0.29, 0.717) is 0 Å². The molecule has 1 unspecified atom stereocenters. The van der Waals surface area contributed by atoms with Crippen LogP contribution in [-0.2, 0) is 7.05 Å². The minimum atomic E-state index is -0.0731. The van der Waals surface area contributed by atoms with E-state index in [1.807, 2.05) is 30.0 Å². The van der Waals surface area contributed by atoms with Crippen LogP contribution in [-0.4, -0.2) is 10.1 Å². The SMILES string of the molecule is Cn1ccc2c1NC(Cl)C=C2. The van der Waals surface area contributed by atoms with Gasteiger partial charge in [-0.25, -0.2) is 0 Å². The highest BCUT2D eigenvalue weighted by molar-refractivity contribution is 6.23. The molecular formula is C8H9ClN2. The van der Waals surface area contributed by atoms with Crippen molar-refractivity contribution in [3.05, 3.63) is 23.9 Å². The third-order valence-corrected chi connectivity index (χ3v) is 2.08. The summed E-state index contributed by atoms with van der Waals surface area (Å²) in [6.45, 7) is 0. The number of nitrogens with zero attached hydrogens (tertiary/aromatic N) is 1. The zero-order valence-corrected chi connectivity index (χ0v) is 6.97. The van der Waals surface area contributed by atoms with Crippen molar-refractivity contribution in [1.82, 2.24) is 4.57 Å². The fourth-order valence-electron chi connectivity index (χ4n) is 1.24. The van der Waals surface area contributed by atoms with Gasteiger partial charge in [-0.2, -0.15) is 0 Å². The van der Waals surface area contributed by atoms with Gasteiger partial charge in [0.2, 0.25) is 0 Å². The molecule has 0 aliphatic carbocycles. The first kappa shape index (κ1) is 6.80. The molecule has 0 spiro atoms. The number of rotatable bonds is 0. The number of fused-ring (bicyclic) bond motifs is 1. The minimum absolute atomic E-state index is 0.0731. The normalized spacial score (nSPS) is 21.1. The van der Waals surface area contributed by atoms with Gasteiger partial charge in [0, 0.05) is 18.8 Å². The van der Waals surface area contributed by atoms with Gasteiger partial charge in [0.15, 0.2) is 0 Å². The number of hydrogen-bond donors (Lipinski definition) is 1. The Labute approximate surface area is 70.5 Å². The second-order valence-corrected chi connectivity index (χ2v) is 3.11. The Hall–Kier alpha value is -0.890. The van der Waals surface area contributed by atoms with E-state index in [0.717, 1.165) is 5.82 Å². The summed E-state index contributed by atoms with van der Waals surface area (Å²) >= 11 is 5.86. The van der Waals surface area contributed by atoms with Gasteiger partial charge in [0.05, 0.1) is 0 Å². The lowest BCUT2D eigenvalue weighted by atomic mass is 10.2. The fraction of sp³-hybridized carbons (Fsp3) is 0.250. The van der Waals surface area contributed by atoms with Crippen LogP contribution in [0.3, 0.4) is 0 Å². The third-order valence-electron chi connectivity index (χ3n) is 1.82. The van der Waals surface area contributed by atoms with Crippen LogP contribution in [0, 0.1) is 0 Å². The molecule has 2 rings (SSSR count). The average Bonchev–Trinajstić information content (AvgIpc) is 2.33. The Balaban J connectivity index is 2.48. The molecule has 1 aromatic heterocycles. The quantitative estimate of drug-likeness (QED) is 0.464. The number of aryl methyl sites for hydroxylation is 1. The van der Waals surface area contributed by atoms with E-state index in [-0.39, 0.29) is 5.50 Å². The maximum atomic E-state index is 5.86. The third kappa shape index (κ3) is 1.03. The van der Waals surface area contributed by atoms with Crippen molar-refractivity contribution in [2.24, 2.45) is 7.05 Å². The van der Waals surface area contributed by atoms with Gasteiger partial charge >= 0.3 is 0 Å². The highest BCUT2D eigenvalue weighted by Gasteiger charge is 2.11. The molecule has 0 aromatic carbocycles. The molecule has 0 fully saturated rings. The first-order chi connectivity index (χ1) is 5.27. The highest BCUT2D eigenvalue weighted by Crippen LogP contribution is 2.24. The molecule has 1 atom stereocenters. The molecule has 2 nitrogen and oxygen atoms in total. The Kier molecular flexibility index (Phi) is 1.43. The fourth-order valence-corrected chi connectivity index (χ4v) is 1.41. The molecule has 2 heterocycles. The zero-order valence-electron chi connectivity index (χ0n) is 6.21. The van der Waals surface area contributed by atoms with E-state index in [4.69, 9.17) is 11.6 Å². The molecule has 0 saturated carbocycles. The number of alkyl halides is 1. The van der Waals surface area contributed by atoms with Crippen molar-refractivity contribution >= 4 is 23.5 Å². The van der Waals surface area contributed by atoms with Crippen LogP contribution in [0.1, 0.15) is 5.56 Å². The van der Waals surface area contributed by atoms with Gasteiger partial charge in [0.1, 0.15) is 11.3 Å². The molecule has 3 heteroatoms. The molecule has 0 amide bonds. The summed E-state index contributed by atoms with van der Waals surface area (Å²) in [7, 11) is 1.99. The number of halogens is 1. The van der Waals surface area contributed by atoms with Crippen LogP contribution in [0.2, 0.25) is 0 Å². The molecule has 0 saturated heterocycles. The first-order valence-corrected chi connectivity index (χ1v) is 3.95. The molecule has 58 valence electrons. The number of nitrogens with one attached hydrogen (secondary N) is 1. The van der Waals surface area contributed by atoms with Gasteiger partial charge in [-0.05, 0) is 12.1 Å². The Bertz CT molecular complexity index is 301. The Morgan fingerprint density at radius 1 is 1.64 bits per heavy atom. The Morgan fingerprint density at radius 3 is 3.27 bits per heavy atom. The molecule has 1 N–H and O–H groups in total. The van der Waals surface area contributed by atoms with E-state index in [2.05, 4.69) is 11.4 Å². The largest absolute Gasteiger partial charge is 0.352 e. The van der Waals surface area contributed by atoms with Crippen molar-refractivity contribution in [2.45, 2.75) is 5.50 Å². The zero-order chi connectivity index (χ0) is 7.84. The van der Waals surface area contributed by atoms with E-state index in [1.165, 1.54) is 5.56 Å². The molecule has 0 radical (unpaired) electrons. The van der Waals surface area contributed by atoms with Gasteiger partial charge in [-0.1, -0.05) is 17.7 Å². The topological polar surface area (TPSA) is 17.0 Å². The summed E-state index contributed by atoms with van der Waals surface area (Å²) in [5.74, 6) is 1.09. The monoisotopic (exact) mass is 168 g/mol. The van der Waals surface area contributed by atoms with E-state index >= 15 is 0 Å². The van der Waals surface area contributed by atoms with Crippen molar-refractivity contribution in [1.29, 1.82) is 0 Å². The summed E-state index contributed by atoms with van der Waals surface area (Å²) in [5.41, 5.74) is 1.13. The van der Waals surface area contributed by atoms with Crippen molar-refractivity contribution in [2.75, 3.05) is 5.32 Å². The predicted octanol–water partition coefficient (Wildman–Crippen LogP) is 2.03. The number of aromatic nitrogens is 1. The highest BCUT2D eigenvalue weighted by atomic mass is 35.5. The summed E-state index contributed by atoms with van der Waals surface area (Å²) in [4.78, 5) is 0. The number of anilines is 1. The molecular weight excluding hydrogens is 160 g/mol. The van der Waals surface area contributed by atoms with Crippen LogP contribution >= 0.6 is 11.6 Å². The predicted molar refractivity (Wildman–Crippen MR) is 47.7 cm³/mol. The van der Waals surface area contributed by atoms with Gasteiger partial charge in [-0.3, -0.25) is 0 Å². The number of hydrogen-bond acceptors (Lipinski definition) is 1. The molecule has 1 aromatic rings. The van der Waals surface area contributed by atoms with Crippen LogP contribution in [0.4, 0.5) is 5.82 Å². The van der Waals surface area contributed by atoms with Crippen LogP contribution in [0.25, 0.3) is 6.08 Å². The molecule has 11 heavy (non-hydrogen) atoms. The standard InChI is InChI=1S/C8H9ClN2/c1-11-5-4-6-2-3-7(9)10-8(6)11/h2-5,7,10H,1H3. The maximum Gasteiger partial charge on any atom is 0.121 e. The average molecular weight is 169 g/mol. The van der Waals surface area contributed by atoms with Crippen molar-refractivity contribution in [3.8, 4) is 0 Å². The van der Waals surface area contributed by atoms with E-state index < -0.39 is 0 Å². The second-order valence-electron chi connectivity index (χ2n) is 2.64. The molecule has 1 aliphatic rings. The lowest BCUT2D eigenvalue weighted by Crippen LogP contribution is -2.14. The summed E-state index contributed by atoms with van der Waals surface area (Å²) in [6, 6.07) is 2.06. The minimum Gasteiger partial charge on any atom is -0.352 e. The molecule has 1 aliphatic heterocycles. The van der Waals surface area contributed by atoms with Crippen LogP contribution in [0.15, 0.2) is 18.3 Å².